The molecule has 0 saturated heterocycles. The van der Waals surface area contributed by atoms with Crippen LogP contribution >= 0.6 is 11.6 Å². The van der Waals surface area contributed by atoms with Crippen molar-refractivity contribution >= 4 is 11.6 Å². The third kappa shape index (κ3) is 3.75. The summed E-state index contributed by atoms with van der Waals surface area (Å²) in [6.07, 6.45) is 4.28. The highest BCUT2D eigenvalue weighted by atomic mass is 35.5. The van der Waals surface area contributed by atoms with Gasteiger partial charge in [-0.05, 0) is 12.1 Å². The molecule has 1 heterocycles. The molecule has 0 aliphatic carbocycles. The maximum absolute atomic E-state index is 13.7. The van der Waals surface area contributed by atoms with Crippen LogP contribution in [-0.4, -0.2) is 22.0 Å². The van der Waals surface area contributed by atoms with Crippen LogP contribution in [0.2, 0.25) is 0 Å². The molecule has 0 aliphatic rings. The highest BCUT2D eigenvalue weighted by molar-refractivity contribution is 6.19. The van der Waals surface area contributed by atoms with Gasteiger partial charge in [0.1, 0.15) is 17.4 Å². The molecule has 0 atom stereocenters. The Morgan fingerprint density at radius 3 is 2.95 bits per heavy atom. The summed E-state index contributed by atoms with van der Waals surface area (Å²) in [5.41, 5.74) is 0.321. The van der Waals surface area contributed by atoms with Gasteiger partial charge in [-0.3, -0.25) is 0 Å². The van der Waals surface area contributed by atoms with E-state index < -0.39 is 5.82 Å². The van der Waals surface area contributed by atoms with Crippen molar-refractivity contribution in [3.63, 3.8) is 0 Å². The predicted octanol–water partition coefficient (Wildman–Crippen LogP) is 2.77. The minimum atomic E-state index is -0.405. The average molecular weight is 293 g/mol. The number of hydrogen-bond donors (Lipinski definition) is 0. The second-order valence-corrected chi connectivity index (χ2v) is 4.40. The van der Waals surface area contributed by atoms with E-state index in [2.05, 4.69) is 16.8 Å². The zero-order valence-corrected chi connectivity index (χ0v) is 11.8. The van der Waals surface area contributed by atoms with E-state index >= 15 is 0 Å². The molecule has 2 rings (SSSR count). The van der Waals surface area contributed by atoms with Crippen LogP contribution in [0.15, 0.2) is 30.6 Å². The molecule has 0 spiro atoms. The Bertz CT molecular complexity index is 643. The van der Waals surface area contributed by atoms with Crippen LogP contribution in [0.4, 0.5) is 4.39 Å². The molecule has 0 unspecified atom stereocenters. The molecule has 20 heavy (non-hydrogen) atoms. The van der Waals surface area contributed by atoms with Gasteiger partial charge in [0, 0.05) is 31.9 Å². The Morgan fingerprint density at radius 2 is 2.30 bits per heavy atom. The van der Waals surface area contributed by atoms with Gasteiger partial charge in [-0.25, -0.2) is 9.37 Å². The molecule has 0 aliphatic heterocycles. The number of hydrogen-bond acceptors (Lipinski definition) is 2. The normalized spacial score (nSPS) is 9.95. The highest BCUT2D eigenvalue weighted by Gasteiger charge is 2.03. The topological polar surface area (TPSA) is 27.1 Å². The molecule has 0 fully saturated rings. The van der Waals surface area contributed by atoms with Crippen LogP contribution in [0.1, 0.15) is 11.4 Å². The standard InChI is InChI=1S/C15H14ClFN2O/c1-19-9-8-18-15(19)6-10-20-13-5-4-12(3-2-7-16)14(17)11-13/h4-5,8-9,11H,6-7,10H2,1H3. The van der Waals surface area contributed by atoms with E-state index in [1.54, 1.807) is 18.3 Å². The number of halogens is 2. The Hall–Kier alpha value is -1.99. The van der Waals surface area contributed by atoms with E-state index in [0.717, 1.165) is 5.82 Å². The Morgan fingerprint density at radius 1 is 1.45 bits per heavy atom. The molecular formula is C15H14ClFN2O. The summed E-state index contributed by atoms with van der Waals surface area (Å²) >= 11 is 5.44. The lowest BCUT2D eigenvalue weighted by atomic mass is 10.2. The molecule has 0 N–H and O–H groups in total. The van der Waals surface area contributed by atoms with Crippen molar-refractivity contribution < 1.29 is 9.13 Å². The molecule has 0 radical (unpaired) electrons. The Kier molecular flexibility index (Phi) is 5.03. The van der Waals surface area contributed by atoms with Gasteiger partial charge in [0.15, 0.2) is 0 Å². The number of benzene rings is 1. The highest BCUT2D eigenvalue weighted by Crippen LogP contribution is 2.16. The number of imidazole rings is 1. The van der Waals surface area contributed by atoms with E-state index in [4.69, 9.17) is 16.3 Å². The molecule has 0 bridgehead atoms. The van der Waals surface area contributed by atoms with E-state index in [1.165, 1.54) is 6.07 Å². The number of rotatable bonds is 4. The monoisotopic (exact) mass is 292 g/mol. The number of alkyl halides is 1. The predicted molar refractivity (Wildman–Crippen MR) is 76.4 cm³/mol. The molecule has 1 aromatic carbocycles. The molecule has 3 nitrogen and oxygen atoms in total. The van der Waals surface area contributed by atoms with Crippen LogP contribution < -0.4 is 4.74 Å². The lowest BCUT2D eigenvalue weighted by molar-refractivity contribution is 0.316. The maximum Gasteiger partial charge on any atom is 0.142 e. The van der Waals surface area contributed by atoms with Crippen molar-refractivity contribution in [2.24, 2.45) is 7.05 Å². The number of nitrogens with zero attached hydrogens (tertiary/aromatic N) is 2. The van der Waals surface area contributed by atoms with Gasteiger partial charge in [0.2, 0.25) is 0 Å². The number of aromatic nitrogens is 2. The van der Waals surface area contributed by atoms with Gasteiger partial charge in [-0.1, -0.05) is 11.8 Å². The first-order chi connectivity index (χ1) is 9.70. The first-order valence-corrected chi connectivity index (χ1v) is 6.67. The van der Waals surface area contributed by atoms with Crippen molar-refractivity contribution in [1.29, 1.82) is 0 Å². The van der Waals surface area contributed by atoms with Crippen LogP contribution in [-0.2, 0) is 13.5 Å². The van der Waals surface area contributed by atoms with E-state index in [1.807, 2.05) is 17.8 Å². The lowest BCUT2D eigenvalue weighted by Crippen LogP contribution is -2.06. The fourth-order valence-corrected chi connectivity index (χ4v) is 1.78. The summed E-state index contributed by atoms with van der Waals surface area (Å²) in [5.74, 6) is 6.45. The largest absolute Gasteiger partial charge is 0.493 e. The summed E-state index contributed by atoms with van der Waals surface area (Å²) in [7, 11) is 1.92. The zero-order chi connectivity index (χ0) is 14.4. The summed E-state index contributed by atoms with van der Waals surface area (Å²) in [4.78, 5) is 4.19. The van der Waals surface area contributed by atoms with Gasteiger partial charge in [0.25, 0.3) is 0 Å². The summed E-state index contributed by atoms with van der Waals surface area (Å²) < 4.78 is 21.1. The average Bonchev–Trinajstić information content (AvgIpc) is 2.84. The first kappa shape index (κ1) is 14.4. The van der Waals surface area contributed by atoms with E-state index in [0.29, 0.717) is 24.3 Å². The molecule has 104 valence electrons. The summed E-state index contributed by atoms with van der Waals surface area (Å²) in [6.45, 7) is 0.441. The van der Waals surface area contributed by atoms with Gasteiger partial charge in [-0.2, -0.15) is 0 Å². The van der Waals surface area contributed by atoms with Crippen molar-refractivity contribution in [3.8, 4) is 17.6 Å². The second kappa shape index (κ2) is 6.97. The third-order valence-corrected chi connectivity index (χ3v) is 2.88. The molecule has 2 aromatic rings. The van der Waals surface area contributed by atoms with Crippen LogP contribution in [0.25, 0.3) is 0 Å². The fourth-order valence-electron chi connectivity index (χ4n) is 1.71. The minimum absolute atomic E-state index is 0.182. The van der Waals surface area contributed by atoms with Crippen molar-refractivity contribution in [2.45, 2.75) is 6.42 Å². The first-order valence-electron chi connectivity index (χ1n) is 6.14. The van der Waals surface area contributed by atoms with Crippen molar-refractivity contribution in [1.82, 2.24) is 9.55 Å². The summed E-state index contributed by atoms with van der Waals surface area (Å²) in [6, 6.07) is 4.61. The quantitative estimate of drug-likeness (QED) is 0.640. The van der Waals surface area contributed by atoms with Crippen LogP contribution in [0.3, 0.4) is 0 Å². The van der Waals surface area contributed by atoms with E-state index in [9.17, 15) is 4.39 Å². The molecular weight excluding hydrogens is 279 g/mol. The zero-order valence-electron chi connectivity index (χ0n) is 11.1. The van der Waals surface area contributed by atoms with Gasteiger partial charge in [0.05, 0.1) is 18.1 Å². The van der Waals surface area contributed by atoms with Crippen LogP contribution in [0, 0.1) is 17.7 Å². The molecule has 5 heteroatoms. The lowest BCUT2D eigenvalue weighted by Gasteiger charge is -2.07. The molecule has 1 aromatic heterocycles. The minimum Gasteiger partial charge on any atom is -0.493 e. The van der Waals surface area contributed by atoms with Gasteiger partial charge >= 0.3 is 0 Å². The number of aryl methyl sites for hydroxylation is 1. The summed E-state index contributed by atoms with van der Waals surface area (Å²) in [5, 5.41) is 0. The fraction of sp³-hybridized carbons (Fsp3) is 0.267. The van der Waals surface area contributed by atoms with Crippen molar-refractivity contribution in [2.75, 3.05) is 12.5 Å². The Labute approximate surface area is 122 Å². The van der Waals surface area contributed by atoms with Gasteiger partial charge < -0.3 is 9.30 Å². The van der Waals surface area contributed by atoms with Gasteiger partial charge in [-0.15, -0.1) is 11.6 Å². The third-order valence-electron chi connectivity index (χ3n) is 2.75. The molecule has 0 amide bonds. The van der Waals surface area contributed by atoms with Crippen molar-refractivity contribution in [3.05, 3.63) is 47.8 Å². The SMILES string of the molecule is Cn1ccnc1CCOc1ccc(C#CCCl)c(F)c1. The smallest absolute Gasteiger partial charge is 0.142 e. The second-order valence-electron chi connectivity index (χ2n) is 4.13. The van der Waals surface area contributed by atoms with Crippen LogP contribution in [0.5, 0.6) is 5.75 Å². The molecule has 0 saturated carbocycles. The van der Waals surface area contributed by atoms with E-state index in [-0.39, 0.29) is 5.88 Å². The number of ether oxygens (including phenoxy) is 1. The maximum atomic E-state index is 13.7. The Balaban J connectivity index is 1.94.